The van der Waals surface area contributed by atoms with Gasteiger partial charge in [0, 0.05) is 17.2 Å². The number of aryl methyl sites for hydroxylation is 1. The van der Waals surface area contributed by atoms with E-state index in [1.165, 1.54) is 19.2 Å². The molecular formula is C16H17BrN2O3S. The Balaban J connectivity index is 2.05. The Morgan fingerprint density at radius 1 is 1.09 bits per heavy atom. The topological polar surface area (TPSA) is 66.5 Å². The number of carbonyl (C=O) groups excluding carboxylic acids is 1. The molecule has 0 atom stereocenters. The highest BCUT2D eigenvalue weighted by molar-refractivity contribution is 9.10. The van der Waals surface area contributed by atoms with E-state index < -0.39 is 15.9 Å². The molecule has 2 aromatic rings. The van der Waals surface area contributed by atoms with Crippen LogP contribution in [0.25, 0.3) is 0 Å². The van der Waals surface area contributed by atoms with Gasteiger partial charge in [-0.1, -0.05) is 33.6 Å². The molecule has 1 N–H and O–H groups in total. The van der Waals surface area contributed by atoms with Crippen molar-refractivity contribution in [1.29, 1.82) is 0 Å². The van der Waals surface area contributed by atoms with Crippen LogP contribution < -0.4 is 5.32 Å². The summed E-state index contributed by atoms with van der Waals surface area (Å²) in [5.41, 5.74) is 1.72. The lowest BCUT2D eigenvalue weighted by molar-refractivity contribution is -0.116. The zero-order chi connectivity index (χ0) is 17.0. The first-order valence-corrected chi connectivity index (χ1v) is 9.11. The number of rotatable bonds is 5. The van der Waals surface area contributed by atoms with Crippen molar-refractivity contribution in [3.8, 4) is 0 Å². The number of carbonyl (C=O) groups is 1. The van der Waals surface area contributed by atoms with E-state index in [0.717, 1.165) is 14.3 Å². The summed E-state index contributed by atoms with van der Waals surface area (Å²) in [4.78, 5) is 12.2. The quantitative estimate of drug-likeness (QED) is 0.844. The van der Waals surface area contributed by atoms with Crippen molar-refractivity contribution in [3.63, 3.8) is 0 Å². The van der Waals surface area contributed by atoms with E-state index in [-0.39, 0.29) is 11.4 Å². The van der Waals surface area contributed by atoms with E-state index in [2.05, 4.69) is 21.2 Å². The Kier molecular flexibility index (Phi) is 5.56. The predicted octanol–water partition coefficient (Wildman–Crippen LogP) is 3.02. The normalized spacial score (nSPS) is 11.5. The van der Waals surface area contributed by atoms with Crippen molar-refractivity contribution in [2.75, 3.05) is 18.9 Å². The molecule has 0 aliphatic rings. The molecule has 0 bridgehead atoms. The Hall–Kier alpha value is -1.70. The smallest absolute Gasteiger partial charge is 0.243 e. The summed E-state index contributed by atoms with van der Waals surface area (Å²) in [6.45, 7) is 1.69. The predicted molar refractivity (Wildman–Crippen MR) is 93.8 cm³/mol. The standard InChI is InChI=1S/C16H17BrN2O3S/c1-12-3-7-14(8-4-12)18-16(20)11-19(2)23(21,22)15-9-5-13(17)6-10-15/h3-10H,11H2,1-2H3,(H,18,20). The molecule has 0 saturated heterocycles. The van der Waals surface area contributed by atoms with Gasteiger partial charge in [0.1, 0.15) is 0 Å². The number of likely N-dealkylation sites (N-methyl/N-ethyl adjacent to an activating group) is 1. The first-order chi connectivity index (χ1) is 10.8. The van der Waals surface area contributed by atoms with Crippen LogP contribution in [0.4, 0.5) is 5.69 Å². The van der Waals surface area contributed by atoms with Gasteiger partial charge in [0.05, 0.1) is 11.4 Å². The van der Waals surface area contributed by atoms with Crippen LogP contribution in [0, 0.1) is 6.92 Å². The zero-order valence-electron chi connectivity index (χ0n) is 12.8. The minimum Gasteiger partial charge on any atom is -0.325 e. The molecule has 0 aliphatic heterocycles. The lowest BCUT2D eigenvalue weighted by atomic mass is 10.2. The Morgan fingerprint density at radius 3 is 2.22 bits per heavy atom. The molecule has 0 aliphatic carbocycles. The molecule has 0 unspecified atom stereocenters. The largest absolute Gasteiger partial charge is 0.325 e. The van der Waals surface area contributed by atoms with E-state index in [1.807, 2.05) is 19.1 Å². The SMILES string of the molecule is Cc1ccc(NC(=O)CN(C)S(=O)(=O)c2ccc(Br)cc2)cc1. The Bertz CT molecular complexity index is 787. The van der Waals surface area contributed by atoms with Crippen molar-refractivity contribution in [1.82, 2.24) is 4.31 Å². The number of hydrogen-bond acceptors (Lipinski definition) is 3. The molecule has 0 heterocycles. The van der Waals surface area contributed by atoms with E-state index in [9.17, 15) is 13.2 Å². The third kappa shape index (κ3) is 4.63. The van der Waals surface area contributed by atoms with Gasteiger partial charge < -0.3 is 5.32 Å². The maximum atomic E-state index is 12.4. The van der Waals surface area contributed by atoms with Crippen molar-refractivity contribution in [2.45, 2.75) is 11.8 Å². The maximum absolute atomic E-state index is 12.4. The van der Waals surface area contributed by atoms with Crippen LogP contribution in [0.5, 0.6) is 0 Å². The molecule has 5 nitrogen and oxygen atoms in total. The van der Waals surface area contributed by atoms with Crippen molar-refractivity contribution in [3.05, 3.63) is 58.6 Å². The number of nitrogens with zero attached hydrogens (tertiary/aromatic N) is 1. The first-order valence-electron chi connectivity index (χ1n) is 6.87. The van der Waals surface area contributed by atoms with Gasteiger partial charge in [-0.15, -0.1) is 0 Å². The van der Waals surface area contributed by atoms with Gasteiger partial charge in [-0.3, -0.25) is 4.79 Å². The monoisotopic (exact) mass is 396 g/mol. The molecule has 0 spiro atoms. The number of benzene rings is 2. The average molecular weight is 397 g/mol. The zero-order valence-corrected chi connectivity index (χ0v) is 15.2. The van der Waals surface area contributed by atoms with Gasteiger partial charge in [-0.05, 0) is 43.3 Å². The van der Waals surface area contributed by atoms with Crippen LogP contribution in [-0.4, -0.2) is 32.2 Å². The average Bonchev–Trinajstić information content (AvgIpc) is 2.50. The highest BCUT2D eigenvalue weighted by Gasteiger charge is 2.22. The highest BCUT2D eigenvalue weighted by atomic mass is 79.9. The second kappa shape index (κ2) is 7.25. The summed E-state index contributed by atoms with van der Waals surface area (Å²) in [5.74, 6) is -0.392. The summed E-state index contributed by atoms with van der Waals surface area (Å²) in [6, 6.07) is 13.6. The van der Waals surface area contributed by atoms with Crippen LogP contribution >= 0.6 is 15.9 Å². The molecule has 2 rings (SSSR count). The summed E-state index contributed by atoms with van der Waals surface area (Å²) in [7, 11) is -2.32. The molecule has 0 fully saturated rings. The lowest BCUT2D eigenvalue weighted by Crippen LogP contribution is -2.34. The van der Waals surface area contributed by atoms with Gasteiger partial charge in [-0.25, -0.2) is 8.42 Å². The number of hydrogen-bond donors (Lipinski definition) is 1. The fraction of sp³-hybridized carbons (Fsp3) is 0.188. The van der Waals surface area contributed by atoms with Crippen molar-refractivity contribution >= 4 is 37.5 Å². The van der Waals surface area contributed by atoms with Gasteiger partial charge in [-0.2, -0.15) is 4.31 Å². The van der Waals surface area contributed by atoms with Gasteiger partial charge in [0.25, 0.3) is 0 Å². The molecule has 23 heavy (non-hydrogen) atoms. The summed E-state index contributed by atoms with van der Waals surface area (Å²) >= 11 is 3.26. The number of anilines is 1. The van der Waals surface area contributed by atoms with Gasteiger partial charge >= 0.3 is 0 Å². The van der Waals surface area contributed by atoms with Crippen molar-refractivity contribution in [2.24, 2.45) is 0 Å². The number of halogens is 1. The molecule has 0 aromatic heterocycles. The van der Waals surface area contributed by atoms with Crippen LogP contribution in [-0.2, 0) is 14.8 Å². The molecular weight excluding hydrogens is 380 g/mol. The maximum Gasteiger partial charge on any atom is 0.243 e. The molecule has 1 amide bonds. The minimum atomic E-state index is -3.70. The third-order valence-electron chi connectivity index (χ3n) is 3.22. The van der Waals surface area contributed by atoms with Crippen molar-refractivity contribution < 1.29 is 13.2 Å². The fourth-order valence-corrected chi connectivity index (χ4v) is 3.30. The molecule has 7 heteroatoms. The van der Waals surface area contributed by atoms with Crippen LogP contribution in [0.15, 0.2) is 57.9 Å². The minimum absolute atomic E-state index is 0.145. The van der Waals surface area contributed by atoms with Crippen LogP contribution in [0.1, 0.15) is 5.56 Å². The second-order valence-electron chi connectivity index (χ2n) is 5.13. The fourth-order valence-electron chi connectivity index (χ4n) is 1.91. The number of amides is 1. The summed E-state index contributed by atoms with van der Waals surface area (Å²) in [6.07, 6.45) is 0. The van der Waals surface area contributed by atoms with Crippen LogP contribution in [0.3, 0.4) is 0 Å². The van der Waals surface area contributed by atoms with Crippen LogP contribution in [0.2, 0.25) is 0 Å². The Morgan fingerprint density at radius 2 is 1.65 bits per heavy atom. The van der Waals surface area contributed by atoms with E-state index >= 15 is 0 Å². The van der Waals surface area contributed by atoms with Gasteiger partial charge in [0.2, 0.25) is 15.9 Å². The van der Waals surface area contributed by atoms with E-state index in [0.29, 0.717) is 5.69 Å². The molecule has 0 radical (unpaired) electrons. The summed E-state index contributed by atoms with van der Waals surface area (Å²) in [5, 5.41) is 2.68. The van der Waals surface area contributed by atoms with E-state index in [4.69, 9.17) is 0 Å². The first kappa shape index (κ1) is 17.7. The molecule has 0 saturated carbocycles. The highest BCUT2D eigenvalue weighted by Crippen LogP contribution is 2.18. The summed E-state index contributed by atoms with van der Waals surface area (Å²) < 4.78 is 26.6. The third-order valence-corrected chi connectivity index (χ3v) is 5.57. The second-order valence-corrected chi connectivity index (χ2v) is 8.09. The molecule has 2 aromatic carbocycles. The lowest BCUT2D eigenvalue weighted by Gasteiger charge is -2.17. The molecule has 122 valence electrons. The van der Waals surface area contributed by atoms with E-state index in [1.54, 1.807) is 24.3 Å². The van der Waals surface area contributed by atoms with Gasteiger partial charge in [0.15, 0.2) is 0 Å². The Labute approximate surface area is 144 Å². The number of sulfonamides is 1. The number of nitrogens with one attached hydrogen (secondary N) is 1.